The van der Waals surface area contributed by atoms with Crippen LogP contribution in [0.1, 0.15) is 24.2 Å². The number of hydrogen-bond acceptors (Lipinski definition) is 6. The number of nitrogens with zero attached hydrogens (tertiary/aromatic N) is 4. The first-order chi connectivity index (χ1) is 19.8. The van der Waals surface area contributed by atoms with E-state index < -0.39 is 7.14 Å². The van der Waals surface area contributed by atoms with Gasteiger partial charge in [-0.05, 0) is 92.4 Å². The van der Waals surface area contributed by atoms with E-state index in [0.29, 0.717) is 12.4 Å². The van der Waals surface area contributed by atoms with Gasteiger partial charge < -0.3 is 14.3 Å². The third-order valence-corrected chi connectivity index (χ3v) is 8.47. The second kappa shape index (κ2) is 11.3. The largest absolute Gasteiger partial charge is 0.461 e. The molecule has 41 heavy (non-hydrogen) atoms. The fourth-order valence-electron chi connectivity index (χ4n) is 5.00. The number of hydrogen-bond donors (Lipinski definition) is 1. The fourth-order valence-corrected chi connectivity index (χ4v) is 5.99. The van der Waals surface area contributed by atoms with E-state index in [-0.39, 0.29) is 5.82 Å². The minimum Gasteiger partial charge on any atom is -0.461 e. The number of rotatable bonds is 10. The summed E-state index contributed by atoms with van der Waals surface area (Å²) in [6.07, 6.45) is 6.84. The Morgan fingerprint density at radius 3 is 2.73 bits per heavy atom. The zero-order valence-corrected chi connectivity index (χ0v) is 23.9. The van der Waals surface area contributed by atoms with Gasteiger partial charge in [-0.1, -0.05) is 12.1 Å². The van der Waals surface area contributed by atoms with Crippen LogP contribution in [0.2, 0.25) is 0 Å². The van der Waals surface area contributed by atoms with Crippen LogP contribution in [0.15, 0.2) is 89.7 Å². The standard InChI is InChI=1S/C32H31FN5O2P/c1-41(2,39)15-4-3-8-27-11-14-31(40-27)23-9-12-29-28(18-23)32(35-21-34-29)37-26-10-13-30-24(17-26)19-36-38(30)20-22-6-5-7-25(33)16-22/h5-7,9-14,16-19,21H,3-4,8,15,20H2,1-2H3,(H,34,35,37). The van der Waals surface area contributed by atoms with Crippen molar-refractivity contribution in [1.29, 1.82) is 0 Å². The molecule has 0 aliphatic carbocycles. The molecule has 0 saturated heterocycles. The second-order valence-corrected chi connectivity index (χ2v) is 14.4. The fraction of sp³-hybridized carbons (Fsp3) is 0.219. The van der Waals surface area contributed by atoms with E-state index in [1.165, 1.54) is 12.1 Å². The maximum absolute atomic E-state index is 13.6. The van der Waals surface area contributed by atoms with E-state index in [4.69, 9.17) is 4.42 Å². The van der Waals surface area contributed by atoms with Crippen LogP contribution in [0.4, 0.5) is 15.9 Å². The van der Waals surface area contributed by atoms with Crippen LogP contribution >= 0.6 is 7.14 Å². The average Bonchev–Trinajstić information content (AvgIpc) is 3.58. The Morgan fingerprint density at radius 1 is 0.976 bits per heavy atom. The minimum absolute atomic E-state index is 0.254. The predicted molar refractivity (Wildman–Crippen MR) is 163 cm³/mol. The monoisotopic (exact) mass is 567 g/mol. The molecule has 6 aromatic rings. The molecule has 6 rings (SSSR count). The van der Waals surface area contributed by atoms with Crippen LogP contribution in [-0.2, 0) is 17.5 Å². The number of anilines is 2. The number of aromatic nitrogens is 4. The number of furan rings is 1. The highest BCUT2D eigenvalue weighted by atomic mass is 31.2. The zero-order chi connectivity index (χ0) is 28.4. The summed E-state index contributed by atoms with van der Waals surface area (Å²) in [6.45, 7) is 4.17. The third kappa shape index (κ3) is 6.39. The van der Waals surface area contributed by atoms with Crippen molar-refractivity contribution in [2.75, 3.05) is 24.8 Å². The van der Waals surface area contributed by atoms with Gasteiger partial charge in [0.1, 0.15) is 29.5 Å². The number of aryl methyl sites for hydroxylation is 1. The molecule has 0 unspecified atom stereocenters. The summed E-state index contributed by atoms with van der Waals surface area (Å²) in [5.41, 5.74) is 4.46. The van der Waals surface area contributed by atoms with Gasteiger partial charge in [0.25, 0.3) is 0 Å². The molecule has 0 saturated carbocycles. The van der Waals surface area contributed by atoms with E-state index in [2.05, 4.69) is 20.4 Å². The van der Waals surface area contributed by atoms with Gasteiger partial charge >= 0.3 is 0 Å². The van der Waals surface area contributed by atoms with Gasteiger partial charge in [0, 0.05) is 34.6 Å². The lowest BCUT2D eigenvalue weighted by atomic mass is 10.1. The Hall–Kier alpha value is -4.29. The average molecular weight is 568 g/mol. The molecule has 0 radical (unpaired) electrons. The lowest BCUT2D eigenvalue weighted by Crippen LogP contribution is -2.01. The highest BCUT2D eigenvalue weighted by molar-refractivity contribution is 7.62. The van der Waals surface area contributed by atoms with Gasteiger partial charge in [-0.15, -0.1) is 0 Å². The molecule has 3 aromatic carbocycles. The number of halogens is 1. The number of unbranched alkanes of at least 4 members (excludes halogenated alkanes) is 1. The Labute approximate surface area is 237 Å². The van der Waals surface area contributed by atoms with E-state index in [0.717, 1.165) is 75.6 Å². The van der Waals surface area contributed by atoms with E-state index in [1.807, 2.05) is 78.8 Å². The first kappa shape index (κ1) is 26.9. The van der Waals surface area contributed by atoms with Crippen molar-refractivity contribution in [2.45, 2.75) is 25.8 Å². The molecular formula is C32H31FN5O2P. The highest BCUT2D eigenvalue weighted by Crippen LogP contribution is 2.37. The minimum atomic E-state index is -1.97. The molecule has 3 heterocycles. The molecule has 0 bridgehead atoms. The molecule has 0 aliphatic heterocycles. The predicted octanol–water partition coefficient (Wildman–Crippen LogP) is 8.12. The van der Waals surface area contributed by atoms with Gasteiger partial charge in [-0.2, -0.15) is 5.10 Å². The molecule has 0 fully saturated rings. The first-order valence-corrected chi connectivity index (χ1v) is 16.4. The number of nitrogens with one attached hydrogen (secondary N) is 1. The summed E-state index contributed by atoms with van der Waals surface area (Å²) in [7, 11) is -1.97. The Balaban J connectivity index is 1.20. The maximum atomic E-state index is 13.6. The smallest absolute Gasteiger partial charge is 0.141 e. The summed E-state index contributed by atoms with van der Waals surface area (Å²) in [6, 6.07) is 22.6. The summed E-state index contributed by atoms with van der Waals surface area (Å²) >= 11 is 0. The van der Waals surface area contributed by atoms with Crippen molar-refractivity contribution in [3.63, 3.8) is 0 Å². The lowest BCUT2D eigenvalue weighted by molar-refractivity contribution is 0.512. The summed E-state index contributed by atoms with van der Waals surface area (Å²) in [5, 5.41) is 9.81. The Kier molecular flexibility index (Phi) is 7.41. The second-order valence-electron chi connectivity index (χ2n) is 10.8. The normalized spacial score (nSPS) is 11.9. The van der Waals surface area contributed by atoms with Crippen LogP contribution in [-0.4, -0.2) is 39.2 Å². The van der Waals surface area contributed by atoms with Gasteiger partial charge in [-0.3, -0.25) is 4.68 Å². The molecule has 3 aromatic heterocycles. The van der Waals surface area contributed by atoms with Crippen LogP contribution < -0.4 is 5.32 Å². The third-order valence-electron chi connectivity index (χ3n) is 7.08. The van der Waals surface area contributed by atoms with E-state index >= 15 is 0 Å². The van der Waals surface area contributed by atoms with Crippen LogP contribution in [0.3, 0.4) is 0 Å². The van der Waals surface area contributed by atoms with Gasteiger partial charge in [-0.25, -0.2) is 14.4 Å². The van der Waals surface area contributed by atoms with Crippen molar-refractivity contribution in [3.05, 3.63) is 102 Å². The molecule has 9 heteroatoms. The van der Waals surface area contributed by atoms with Crippen molar-refractivity contribution < 1.29 is 13.4 Å². The summed E-state index contributed by atoms with van der Waals surface area (Å²) in [5.74, 6) is 2.16. The highest BCUT2D eigenvalue weighted by Gasteiger charge is 2.12. The molecule has 0 atom stereocenters. The zero-order valence-electron chi connectivity index (χ0n) is 23.0. The van der Waals surface area contributed by atoms with E-state index in [1.54, 1.807) is 12.4 Å². The molecule has 208 valence electrons. The SMILES string of the molecule is CP(C)(=O)CCCCc1ccc(-c2ccc3ncnc(Nc4ccc5c(cnn5Cc5cccc(F)c5)c4)c3c2)o1. The van der Waals surface area contributed by atoms with Crippen molar-refractivity contribution >= 4 is 40.5 Å². The van der Waals surface area contributed by atoms with Crippen LogP contribution in [0.25, 0.3) is 33.1 Å². The van der Waals surface area contributed by atoms with Crippen LogP contribution in [0.5, 0.6) is 0 Å². The van der Waals surface area contributed by atoms with Crippen molar-refractivity contribution in [2.24, 2.45) is 0 Å². The number of benzene rings is 3. The first-order valence-electron chi connectivity index (χ1n) is 13.7. The number of fused-ring (bicyclic) bond motifs is 2. The molecule has 0 amide bonds. The molecule has 0 spiro atoms. The molecular weight excluding hydrogens is 536 g/mol. The molecule has 7 nitrogen and oxygen atoms in total. The summed E-state index contributed by atoms with van der Waals surface area (Å²) < 4.78 is 33.6. The van der Waals surface area contributed by atoms with Gasteiger partial charge in [0.2, 0.25) is 0 Å². The molecule has 0 aliphatic rings. The van der Waals surface area contributed by atoms with Crippen molar-refractivity contribution in [3.8, 4) is 11.3 Å². The Bertz CT molecular complexity index is 1890. The molecule has 1 N–H and O–H groups in total. The van der Waals surface area contributed by atoms with Gasteiger partial charge in [0.05, 0.1) is 30.9 Å². The van der Waals surface area contributed by atoms with Gasteiger partial charge in [0.15, 0.2) is 0 Å². The van der Waals surface area contributed by atoms with Crippen molar-refractivity contribution in [1.82, 2.24) is 19.7 Å². The topological polar surface area (TPSA) is 85.8 Å². The quantitative estimate of drug-likeness (QED) is 0.133. The van der Waals surface area contributed by atoms with Crippen LogP contribution in [0, 0.1) is 5.82 Å². The maximum Gasteiger partial charge on any atom is 0.141 e. The van der Waals surface area contributed by atoms with E-state index in [9.17, 15) is 8.96 Å². The Morgan fingerprint density at radius 2 is 1.88 bits per heavy atom. The lowest BCUT2D eigenvalue weighted by Gasteiger charge is -2.10. The summed E-state index contributed by atoms with van der Waals surface area (Å²) in [4.78, 5) is 8.98.